The smallest absolute Gasteiger partial charge is 0.251 e. The number of carbonyl (C=O) groups excluding carboxylic acids is 1. The number of nitrogens with zero attached hydrogens (tertiary/aromatic N) is 4. The summed E-state index contributed by atoms with van der Waals surface area (Å²) in [4.78, 5) is 13.2. The fraction of sp³-hybridized carbons (Fsp3) is 0.364. The van der Waals surface area contributed by atoms with E-state index in [1.807, 2.05) is 18.2 Å². The maximum atomic E-state index is 13.2. The molecule has 5 rings (SSSR count). The van der Waals surface area contributed by atoms with E-state index in [2.05, 4.69) is 20.8 Å². The maximum Gasteiger partial charge on any atom is 0.251 e. The SMILES string of the molecule is CC1(NC(=O)c2cc(-c3ccc(Cl)cc3)cc(-n3nnnc3C3CC3)c2)CCS(=O)(=O)C1. The van der Waals surface area contributed by atoms with Gasteiger partial charge < -0.3 is 5.32 Å². The number of carbonyl (C=O) groups is 1. The lowest BCUT2D eigenvalue weighted by molar-refractivity contribution is 0.0915. The maximum absolute atomic E-state index is 13.2. The second-order valence-electron chi connectivity index (χ2n) is 8.86. The number of rotatable bonds is 5. The molecule has 1 amide bonds. The van der Waals surface area contributed by atoms with Crippen LogP contribution in [-0.2, 0) is 9.84 Å². The molecule has 1 N–H and O–H groups in total. The normalized spacial score (nSPS) is 22.1. The number of sulfone groups is 1. The van der Waals surface area contributed by atoms with E-state index in [1.165, 1.54) is 0 Å². The van der Waals surface area contributed by atoms with Gasteiger partial charge in [-0.2, -0.15) is 4.68 Å². The van der Waals surface area contributed by atoms with Gasteiger partial charge in [-0.05, 0) is 78.1 Å². The van der Waals surface area contributed by atoms with Crippen LogP contribution in [0.15, 0.2) is 42.5 Å². The Bertz CT molecular complexity index is 1300. The molecule has 1 atom stereocenters. The molecule has 1 aromatic heterocycles. The largest absolute Gasteiger partial charge is 0.346 e. The third kappa shape index (κ3) is 4.27. The van der Waals surface area contributed by atoms with Crippen LogP contribution < -0.4 is 5.32 Å². The first-order valence-corrected chi connectivity index (χ1v) is 12.6. The minimum absolute atomic E-state index is 0.0612. The van der Waals surface area contributed by atoms with Crippen LogP contribution in [0.25, 0.3) is 16.8 Å². The van der Waals surface area contributed by atoms with Crippen LogP contribution in [0.1, 0.15) is 48.3 Å². The lowest BCUT2D eigenvalue weighted by atomic mass is 9.99. The summed E-state index contributed by atoms with van der Waals surface area (Å²) in [6.07, 6.45) is 2.47. The van der Waals surface area contributed by atoms with Gasteiger partial charge in [0, 0.05) is 16.5 Å². The number of benzene rings is 2. The van der Waals surface area contributed by atoms with Crippen molar-refractivity contribution in [3.05, 3.63) is 58.9 Å². The molecule has 1 aliphatic heterocycles. The number of hydrogen-bond donors (Lipinski definition) is 1. The fourth-order valence-corrected chi connectivity index (χ4v) is 6.32. The molecule has 8 nitrogen and oxygen atoms in total. The highest BCUT2D eigenvalue weighted by molar-refractivity contribution is 7.91. The molecule has 1 aliphatic carbocycles. The fourth-order valence-electron chi connectivity index (χ4n) is 4.10. The Balaban J connectivity index is 1.55. The zero-order valence-corrected chi connectivity index (χ0v) is 19.0. The van der Waals surface area contributed by atoms with Crippen molar-refractivity contribution in [1.29, 1.82) is 0 Å². The summed E-state index contributed by atoms with van der Waals surface area (Å²) in [6, 6.07) is 12.8. The molecule has 1 saturated carbocycles. The van der Waals surface area contributed by atoms with Gasteiger partial charge in [-0.25, -0.2) is 8.42 Å². The lowest BCUT2D eigenvalue weighted by Gasteiger charge is -2.24. The Hall–Kier alpha value is -2.78. The highest BCUT2D eigenvalue weighted by atomic mass is 35.5. The highest BCUT2D eigenvalue weighted by Crippen LogP contribution is 2.39. The molecule has 3 aromatic rings. The van der Waals surface area contributed by atoms with Crippen molar-refractivity contribution in [2.24, 2.45) is 0 Å². The van der Waals surface area contributed by atoms with E-state index < -0.39 is 15.4 Å². The first-order valence-electron chi connectivity index (χ1n) is 10.4. The summed E-state index contributed by atoms with van der Waals surface area (Å²) in [5, 5.41) is 15.7. The van der Waals surface area contributed by atoms with E-state index in [-0.39, 0.29) is 17.4 Å². The van der Waals surface area contributed by atoms with Crippen molar-refractivity contribution in [1.82, 2.24) is 25.5 Å². The Kier molecular flexibility index (Phi) is 5.05. The second-order valence-corrected chi connectivity index (χ2v) is 11.5. The number of halogens is 1. The summed E-state index contributed by atoms with van der Waals surface area (Å²) in [6.45, 7) is 1.77. The van der Waals surface area contributed by atoms with Crippen molar-refractivity contribution in [3.8, 4) is 16.8 Å². The van der Waals surface area contributed by atoms with Gasteiger partial charge >= 0.3 is 0 Å². The lowest BCUT2D eigenvalue weighted by Crippen LogP contribution is -2.46. The topological polar surface area (TPSA) is 107 Å². The zero-order chi connectivity index (χ0) is 22.5. The first-order chi connectivity index (χ1) is 15.2. The predicted molar refractivity (Wildman–Crippen MR) is 121 cm³/mol. The molecule has 166 valence electrons. The van der Waals surface area contributed by atoms with Crippen LogP contribution >= 0.6 is 11.6 Å². The molecule has 1 saturated heterocycles. The van der Waals surface area contributed by atoms with Crippen LogP contribution in [0, 0.1) is 0 Å². The molecule has 10 heteroatoms. The minimum Gasteiger partial charge on any atom is -0.346 e. The Labute approximate surface area is 190 Å². The van der Waals surface area contributed by atoms with E-state index in [4.69, 9.17) is 11.6 Å². The predicted octanol–water partition coefficient (Wildman–Crippen LogP) is 3.17. The van der Waals surface area contributed by atoms with Gasteiger partial charge in [0.25, 0.3) is 5.91 Å². The molecule has 2 aromatic carbocycles. The number of tetrazole rings is 1. The Morgan fingerprint density at radius 1 is 1.16 bits per heavy atom. The van der Waals surface area contributed by atoms with Crippen LogP contribution in [0.5, 0.6) is 0 Å². The monoisotopic (exact) mass is 471 g/mol. The van der Waals surface area contributed by atoms with Gasteiger partial charge in [0.15, 0.2) is 15.7 Å². The van der Waals surface area contributed by atoms with E-state index in [0.29, 0.717) is 28.6 Å². The summed E-state index contributed by atoms with van der Waals surface area (Å²) < 4.78 is 25.6. The minimum atomic E-state index is -3.15. The summed E-state index contributed by atoms with van der Waals surface area (Å²) in [7, 11) is -3.15. The van der Waals surface area contributed by atoms with Crippen LogP contribution in [0.2, 0.25) is 5.02 Å². The van der Waals surface area contributed by atoms with Gasteiger partial charge in [0.1, 0.15) is 0 Å². The van der Waals surface area contributed by atoms with E-state index >= 15 is 0 Å². The van der Waals surface area contributed by atoms with Crippen molar-refractivity contribution in [2.45, 2.75) is 37.6 Å². The third-order valence-corrected chi connectivity index (χ3v) is 8.11. The number of aromatic nitrogens is 4. The number of amides is 1. The number of nitrogens with one attached hydrogen (secondary N) is 1. The number of hydrogen-bond acceptors (Lipinski definition) is 6. The quantitative estimate of drug-likeness (QED) is 0.612. The molecular weight excluding hydrogens is 450 g/mol. The molecule has 0 radical (unpaired) electrons. The van der Waals surface area contributed by atoms with E-state index in [9.17, 15) is 13.2 Å². The van der Waals surface area contributed by atoms with Crippen molar-refractivity contribution in [3.63, 3.8) is 0 Å². The highest BCUT2D eigenvalue weighted by Gasteiger charge is 2.39. The van der Waals surface area contributed by atoms with Crippen LogP contribution in [0.4, 0.5) is 0 Å². The van der Waals surface area contributed by atoms with Crippen LogP contribution in [-0.4, -0.2) is 51.6 Å². The van der Waals surface area contributed by atoms with Crippen molar-refractivity contribution < 1.29 is 13.2 Å². The molecule has 32 heavy (non-hydrogen) atoms. The summed E-state index contributed by atoms with van der Waals surface area (Å²) in [5.41, 5.74) is 2.00. The van der Waals surface area contributed by atoms with Gasteiger partial charge in [0.2, 0.25) is 0 Å². The van der Waals surface area contributed by atoms with E-state index in [0.717, 1.165) is 29.8 Å². The van der Waals surface area contributed by atoms with Crippen molar-refractivity contribution in [2.75, 3.05) is 11.5 Å². The summed E-state index contributed by atoms with van der Waals surface area (Å²) >= 11 is 6.05. The molecule has 2 aliphatic rings. The van der Waals surface area contributed by atoms with Gasteiger partial charge in [-0.15, -0.1) is 5.10 Å². The van der Waals surface area contributed by atoms with Gasteiger partial charge in [-0.1, -0.05) is 23.7 Å². The standard InChI is InChI=1S/C22H22ClN5O3S/c1-22(8-9-32(30,31)13-22)24-21(29)17-10-16(14-4-6-18(23)7-5-14)11-19(12-17)28-20(15-2-3-15)25-26-27-28/h4-7,10-12,15H,2-3,8-9,13H2,1H3,(H,24,29). The van der Waals surface area contributed by atoms with Gasteiger partial charge in [-0.3, -0.25) is 4.79 Å². The average Bonchev–Trinajstić information content (AvgIpc) is 3.40. The third-order valence-electron chi connectivity index (χ3n) is 5.96. The molecule has 0 bridgehead atoms. The second kappa shape index (κ2) is 7.67. The van der Waals surface area contributed by atoms with Gasteiger partial charge in [0.05, 0.1) is 22.7 Å². The Morgan fingerprint density at radius 3 is 2.56 bits per heavy atom. The molecule has 2 heterocycles. The van der Waals surface area contributed by atoms with Crippen molar-refractivity contribution >= 4 is 27.3 Å². The molecule has 0 spiro atoms. The summed E-state index contributed by atoms with van der Waals surface area (Å²) in [5.74, 6) is 0.786. The molecule has 2 fully saturated rings. The Morgan fingerprint density at radius 2 is 1.91 bits per heavy atom. The zero-order valence-electron chi connectivity index (χ0n) is 17.5. The van der Waals surface area contributed by atoms with Crippen LogP contribution in [0.3, 0.4) is 0 Å². The molecule has 1 unspecified atom stereocenters. The molecular formula is C22H22ClN5O3S. The van der Waals surface area contributed by atoms with E-state index in [1.54, 1.807) is 35.9 Å². The first kappa shape index (κ1) is 21.1. The average molecular weight is 472 g/mol.